The van der Waals surface area contributed by atoms with E-state index in [-0.39, 0.29) is 11.3 Å². The van der Waals surface area contributed by atoms with Crippen molar-refractivity contribution in [3.63, 3.8) is 0 Å². The highest BCUT2D eigenvalue weighted by Crippen LogP contribution is 2.35. The number of carboxylic acids is 1. The molecule has 1 aromatic rings. The van der Waals surface area contributed by atoms with Crippen LogP contribution < -0.4 is 14.2 Å². The number of rotatable bonds is 4. The first-order valence-corrected chi connectivity index (χ1v) is 4.17. The SMILES string of the molecule is COc1cc(OC)c(OC)c(C(=O)O)c1. The van der Waals surface area contributed by atoms with E-state index in [0.717, 1.165) is 0 Å². The zero-order valence-electron chi connectivity index (χ0n) is 8.73. The van der Waals surface area contributed by atoms with Gasteiger partial charge >= 0.3 is 5.97 Å². The third-order valence-electron chi connectivity index (χ3n) is 1.92. The summed E-state index contributed by atoms with van der Waals surface area (Å²) in [5.41, 5.74) is 0.00806. The fourth-order valence-corrected chi connectivity index (χ4v) is 1.22. The number of ether oxygens (including phenoxy) is 3. The molecular formula is C10H12O5. The zero-order chi connectivity index (χ0) is 11.4. The Morgan fingerprint density at radius 2 is 1.80 bits per heavy atom. The Morgan fingerprint density at radius 1 is 1.13 bits per heavy atom. The number of carboxylic acid groups (broad SMARTS) is 1. The quantitative estimate of drug-likeness (QED) is 0.817. The molecule has 15 heavy (non-hydrogen) atoms. The molecule has 5 nitrogen and oxygen atoms in total. The molecule has 0 radical (unpaired) electrons. The predicted molar refractivity (Wildman–Crippen MR) is 53.1 cm³/mol. The second kappa shape index (κ2) is 4.54. The van der Waals surface area contributed by atoms with Crippen LogP contribution in [0.4, 0.5) is 0 Å². The van der Waals surface area contributed by atoms with Gasteiger partial charge in [0.25, 0.3) is 0 Å². The van der Waals surface area contributed by atoms with Crippen molar-refractivity contribution in [3.05, 3.63) is 17.7 Å². The van der Waals surface area contributed by atoms with Crippen LogP contribution in [0.3, 0.4) is 0 Å². The summed E-state index contributed by atoms with van der Waals surface area (Å²) in [6, 6.07) is 2.94. The summed E-state index contributed by atoms with van der Waals surface area (Å²) in [7, 11) is 4.27. The maximum absolute atomic E-state index is 10.9. The molecule has 0 bridgehead atoms. The van der Waals surface area contributed by atoms with Crippen LogP contribution in [0.25, 0.3) is 0 Å². The third-order valence-corrected chi connectivity index (χ3v) is 1.92. The number of benzene rings is 1. The standard InChI is InChI=1S/C10H12O5/c1-13-6-4-7(10(11)12)9(15-3)8(5-6)14-2/h4-5H,1-3H3,(H,11,12). The topological polar surface area (TPSA) is 65.0 Å². The van der Waals surface area contributed by atoms with Gasteiger partial charge in [-0.3, -0.25) is 0 Å². The van der Waals surface area contributed by atoms with Crippen molar-refractivity contribution in [1.82, 2.24) is 0 Å². The van der Waals surface area contributed by atoms with Crippen molar-refractivity contribution in [2.45, 2.75) is 0 Å². The van der Waals surface area contributed by atoms with Gasteiger partial charge in [-0.15, -0.1) is 0 Å². The average molecular weight is 212 g/mol. The summed E-state index contributed by atoms with van der Waals surface area (Å²) < 4.78 is 14.9. The highest BCUT2D eigenvalue weighted by molar-refractivity contribution is 5.92. The van der Waals surface area contributed by atoms with Crippen LogP contribution in [-0.2, 0) is 0 Å². The van der Waals surface area contributed by atoms with E-state index in [1.165, 1.54) is 27.4 Å². The Bertz CT molecular complexity index is 372. The molecule has 5 heteroatoms. The lowest BCUT2D eigenvalue weighted by molar-refractivity contribution is 0.0692. The highest BCUT2D eigenvalue weighted by atomic mass is 16.5. The Kier molecular flexibility index (Phi) is 3.38. The first-order chi connectivity index (χ1) is 7.13. The monoisotopic (exact) mass is 212 g/mol. The van der Waals surface area contributed by atoms with E-state index in [1.54, 1.807) is 6.07 Å². The molecule has 0 amide bonds. The Balaban J connectivity index is 3.39. The zero-order valence-corrected chi connectivity index (χ0v) is 8.73. The smallest absolute Gasteiger partial charge is 0.339 e. The van der Waals surface area contributed by atoms with Crippen molar-refractivity contribution in [2.75, 3.05) is 21.3 Å². The fourth-order valence-electron chi connectivity index (χ4n) is 1.22. The summed E-state index contributed by atoms with van der Waals surface area (Å²) in [5.74, 6) is -0.172. The maximum atomic E-state index is 10.9. The Hall–Kier alpha value is -1.91. The van der Waals surface area contributed by atoms with Gasteiger partial charge in [-0.2, -0.15) is 0 Å². The summed E-state index contributed by atoms with van der Waals surface area (Å²) >= 11 is 0. The first kappa shape index (κ1) is 11.2. The molecule has 1 rings (SSSR count). The Labute approximate surface area is 87.2 Å². The summed E-state index contributed by atoms with van der Waals surface area (Å²) in [5, 5.41) is 8.95. The molecule has 0 spiro atoms. The predicted octanol–water partition coefficient (Wildman–Crippen LogP) is 1.41. The minimum Gasteiger partial charge on any atom is -0.497 e. The van der Waals surface area contributed by atoms with Crippen LogP contribution in [0.5, 0.6) is 17.2 Å². The van der Waals surface area contributed by atoms with Crippen LogP contribution in [0.1, 0.15) is 10.4 Å². The molecule has 0 aliphatic rings. The second-order valence-electron chi connectivity index (χ2n) is 2.72. The molecule has 0 aliphatic heterocycles. The van der Waals surface area contributed by atoms with Gasteiger partial charge in [-0.05, 0) is 6.07 Å². The lowest BCUT2D eigenvalue weighted by Gasteiger charge is -2.11. The molecule has 0 atom stereocenters. The van der Waals surface area contributed by atoms with Crippen LogP contribution in [0, 0.1) is 0 Å². The van der Waals surface area contributed by atoms with Gasteiger partial charge < -0.3 is 19.3 Å². The summed E-state index contributed by atoms with van der Waals surface area (Å²) in [6.07, 6.45) is 0. The maximum Gasteiger partial charge on any atom is 0.339 e. The lowest BCUT2D eigenvalue weighted by atomic mass is 10.1. The highest BCUT2D eigenvalue weighted by Gasteiger charge is 2.17. The molecule has 0 fully saturated rings. The van der Waals surface area contributed by atoms with Gasteiger partial charge in [0.2, 0.25) is 0 Å². The third kappa shape index (κ3) is 2.12. The molecule has 82 valence electrons. The van der Waals surface area contributed by atoms with E-state index < -0.39 is 5.97 Å². The molecular weight excluding hydrogens is 200 g/mol. The van der Waals surface area contributed by atoms with Crippen LogP contribution >= 0.6 is 0 Å². The van der Waals surface area contributed by atoms with Gasteiger partial charge in [0.15, 0.2) is 11.5 Å². The normalized spacial score (nSPS) is 9.53. The minimum absolute atomic E-state index is 0.00806. The van der Waals surface area contributed by atoms with E-state index in [1.807, 2.05) is 0 Å². The summed E-state index contributed by atoms with van der Waals surface area (Å²) in [4.78, 5) is 10.9. The van der Waals surface area contributed by atoms with Gasteiger partial charge in [-0.1, -0.05) is 0 Å². The van der Waals surface area contributed by atoms with E-state index in [0.29, 0.717) is 11.5 Å². The largest absolute Gasteiger partial charge is 0.497 e. The van der Waals surface area contributed by atoms with Crippen molar-refractivity contribution < 1.29 is 24.1 Å². The number of methoxy groups -OCH3 is 3. The Morgan fingerprint density at radius 3 is 2.20 bits per heavy atom. The van der Waals surface area contributed by atoms with Crippen molar-refractivity contribution in [1.29, 1.82) is 0 Å². The van der Waals surface area contributed by atoms with E-state index in [2.05, 4.69) is 0 Å². The number of hydrogen-bond donors (Lipinski definition) is 1. The molecule has 0 saturated heterocycles. The molecule has 0 unspecified atom stereocenters. The average Bonchev–Trinajstić information content (AvgIpc) is 2.26. The molecule has 0 saturated carbocycles. The first-order valence-electron chi connectivity index (χ1n) is 4.17. The molecule has 1 aromatic carbocycles. The van der Waals surface area contributed by atoms with Gasteiger partial charge in [-0.25, -0.2) is 4.79 Å². The fraction of sp³-hybridized carbons (Fsp3) is 0.300. The van der Waals surface area contributed by atoms with Gasteiger partial charge in [0, 0.05) is 6.07 Å². The van der Waals surface area contributed by atoms with Crippen molar-refractivity contribution in [3.8, 4) is 17.2 Å². The van der Waals surface area contributed by atoms with E-state index >= 15 is 0 Å². The minimum atomic E-state index is -1.09. The van der Waals surface area contributed by atoms with Crippen LogP contribution in [0.2, 0.25) is 0 Å². The molecule has 1 N–H and O–H groups in total. The summed E-state index contributed by atoms with van der Waals surface area (Å²) in [6.45, 7) is 0. The van der Waals surface area contributed by atoms with E-state index in [9.17, 15) is 4.79 Å². The van der Waals surface area contributed by atoms with Crippen LogP contribution in [0.15, 0.2) is 12.1 Å². The lowest BCUT2D eigenvalue weighted by Crippen LogP contribution is -2.03. The van der Waals surface area contributed by atoms with E-state index in [4.69, 9.17) is 19.3 Å². The molecule has 0 aromatic heterocycles. The van der Waals surface area contributed by atoms with Crippen molar-refractivity contribution in [2.24, 2.45) is 0 Å². The van der Waals surface area contributed by atoms with Gasteiger partial charge in [0.1, 0.15) is 11.3 Å². The number of hydrogen-bond acceptors (Lipinski definition) is 4. The number of aromatic carboxylic acids is 1. The molecule has 0 heterocycles. The van der Waals surface area contributed by atoms with Gasteiger partial charge in [0.05, 0.1) is 21.3 Å². The van der Waals surface area contributed by atoms with Crippen molar-refractivity contribution >= 4 is 5.97 Å². The van der Waals surface area contributed by atoms with Crippen LogP contribution in [-0.4, -0.2) is 32.4 Å². The molecule has 0 aliphatic carbocycles. The second-order valence-corrected chi connectivity index (χ2v) is 2.72. The number of carbonyl (C=O) groups is 1.